The van der Waals surface area contributed by atoms with E-state index in [1.54, 1.807) is 24.3 Å². The molecule has 0 saturated carbocycles. The van der Waals surface area contributed by atoms with Crippen molar-refractivity contribution in [3.8, 4) is 0 Å². The van der Waals surface area contributed by atoms with Gasteiger partial charge in [0.05, 0.1) is 11.9 Å². The summed E-state index contributed by atoms with van der Waals surface area (Å²) in [6, 6.07) is 12.3. The van der Waals surface area contributed by atoms with Gasteiger partial charge in [-0.25, -0.2) is 13.2 Å². The van der Waals surface area contributed by atoms with E-state index in [0.717, 1.165) is 12.1 Å². The summed E-state index contributed by atoms with van der Waals surface area (Å²) in [6.07, 6.45) is 4.39. The first kappa shape index (κ1) is 17.3. The molecular weight excluding hydrogens is 347 g/mol. The van der Waals surface area contributed by atoms with Crippen LogP contribution in [0.2, 0.25) is 0 Å². The van der Waals surface area contributed by atoms with Crippen molar-refractivity contribution in [2.75, 3.05) is 0 Å². The van der Waals surface area contributed by atoms with Crippen molar-refractivity contribution >= 4 is 23.3 Å². The molecule has 2 aromatic carbocycles. The van der Waals surface area contributed by atoms with Crippen molar-refractivity contribution in [3.63, 3.8) is 0 Å². The highest BCUT2D eigenvalue weighted by Gasteiger charge is 2.19. The zero-order valence-electron chi connectivity index (χ0n) is 12.8. The third kappa shape index (κ3) is 4.10. The van der Waals surface area contributed by atoms with E-state index in [2.05, 4.69) is 4.98 Å². The van der Waals surface area contributed by atoms with Crippen molar-refractivity contribution in [1.82, 2.24) is 4.98 Å². The summed E-state index contributed by atoms with van der Waals surface area (Å²) < 4.78 is 52.5. The molecule has 0 fully saturated rings. The lowest BCUT2D eigenvalue weighted by molar-refractivity contribution is 0.566. The Morgan fingerprint density at radius 2 is 1.68 bits per heavy atom. The predicted octanol–water partition coefficient (Wildman–Crippen LogP) is 4.84. The van der Waals surface area contributed by atoms with Gasteiger partial charge in [-0.3, -0.25) is 4.98 Å². The smallest absolute Gasteiger partial charge is 0.194 e. The molecule has 0 bridgehead atoms. The molecule has 1 unspecified atom stereocenters. The summed E-state index contributed by atoms with van der Waals surface area (Å²) in [5, 5.41) is 0. The molecule has 6 heteroatoms. The molecule has 3 aromatic rings. The van der Waals surface area contributed by atoms with E-state index in [9.17, 15) is 17.7 Å². The Morgan fingerprint density at radius 1 is 0.880 bits per heavy atom. The van der Waals surface area contributed by atoms with Crippen LogP contribution < -0.4 is 0 Å². The van der Waals surface area contributed by atoms with Crippen LogP contribution in [0.5, 0.6) is 0 Å². The maximum atomic E-state index is 13.7. The summed E-state index contributed by atoms with van der Waals surface area (Å²) in [7, 11) is 0. The van der Waals surface area contributed by atoms with E-state index in [-0.39, 0.29) is 10.5 Å². The number of halogens is 3. The Morgan fingerprint density at radius 3 is 2.36 bits per heavy atom. The minimum absolute atomic E-state index is 0.0842. The average molecular weight is 359 g/mol. The molecular formula is C19H12F3NOS. The number of rotatable bonds is 4. The van der Waals surface area contributed by atoms with Gasteiger partial charge < -0.3 is 4.55 Å². The molecule has 0 aliphatic carbocycles. The van der Waals surface area contributed by atoms with Gasteiger partial charge in [0.2, 0.25) is 0 Å². The van der Waals surface area contributed by atoms with Crippen molar-refractivity contribution in [3.05, 3.63) is 89.5 Å². The molecule has 2 nitrogen and oxygen atoms in total. The van der Waals surface area contributed by atoms with Crippen LogP contribution in [0.15, 0.2) is 70.6 Å². The maximum Gasteiger partial charge on any atom is 0.194 e. The van der Waals surface area contributed by atoms with Gasteiger partial charge in [0.1, 0.15) is 11.6 Å². The fourth-order valence-corrected chi connectivity index (χ4v) is 3.18. The molecule has 0 aliphatic rings. The van der Waals surface area contributed by atoms with Crippen LogP contribution in [0, 0.1) is 17.5 Å². The third-order valence-corrected chi connectivity index (χ3v) is 4.81. The topological polar surface area (TPSA) is 36.0 Å². The first-order valence-corrected chi connectivity index (χ1v) is 8.45. The van der Waals surface area contributed by atoms with Gasteiger partial charge in [-0.15, -0.1) is 0 Å². The quantitative estimate of drug-likeness (QED) is 0.625. The van der Waals surface area contributed by atoms with E-state index in [1.165, 1.54) is 36.5 Å². The molecule has 0 radical (unpaired) electrons. The number of benzene rings is 2. The van der Waals surface area contributed by atoms with E-state index >= 15 is 0 Å². The first-order chi connectivity index (χ1) is 12.0. The molecule has 126 valence electrons. The van der Waals surface area contributed by atoms with Gasteiger partial charge in [0.15, 0.2) is 15.6 Å². The molecule has 3 rings (SSSR count). The second-order valence-corrected chi connectivity index (χ2v) is 6.57. The standard InChI is InChI=1S/C19H12F3NOS/c20-14-7-5-13(18(22)11-14)6-8-15-9-10-16(12-23-15)25(24)19-4-2-1-3-17(19)21/h1-12H/b8-6+. The summed E-state index contributed by atoms with van der Waals surface area (Å²) in [4.78, 5) is 4.56. The minimum atomic E-state index is -1.68. The molecule has 1 atom stereocenters. The van der Waals surface area contributed by atoms with E-state index in [1.807, 2.05) is 0 Å². The highest BCUT2D eigenvalue weighted by molar-refractivity contribution is 7.91. The Hall–Kier alpha value is -2.57. The normalized spacial score (nSPS) is 12.5. The molecule has 0 amide bonds. The lowest BCUT2D eigenvalue weighted by Crippen LogP contribution is -2.05. The fraction of sp³-hybridized carbons (Fsp3) is 0. The highest BCUT2D eigenvalue weighted by atomic mass is 32.2. The van der Waals surface area contributed by atoms with Gasteiger partial charge in [-0.2, -0.15) is 0 Å². The van der Waals surface area contributed by atoms with Crippen molar-refractivity contribution in [2.45, 2.75) is 9.79 Å². The van der Waals surface area contributed by atoms with Gasteiger partial charge in [0.25, 0.3) is 0 Å². The van der Waals surface area contributed by atoms with Crippen LogP contribution in [-0.2, 0) is 11.2 Å². The Bertz CT molecular complexity index is 913. The monoisotopic (exact) mass is 359 g/mol. The van der Waals surface area contributed by atoms with Crippen LogP contribution in [0.4, 0.5) is 13.2 Å². The average Bonchev–Trinajstić information content (AvgIpc) is 2.61. The van der Waals surface area contributed by atoms with Gasteiger partial charge >= 0.3 is 0 Å². The van der Waals surface area contributed by atoms with E-state index in [0.29, 0.717) is 10.6 Å². The Kier molecular flexibility index (Phi) is 5.21. The Labute approximate surface area is 145 Å². The molecule has 0 aliphatic heterocycles. The number of nitrogens with zero attached hydrogens (tertiary/aromatic N) is 1. The maximum absolute atomic E-state index is 13.7. The summed E-state index contributed by atoms with van der Waals surface area (Å²) in [6.45, 7) is 0. The Balaban J connectivity index is 1.78. The van der Waals surface area contributed by atoms with E-state index < -0.39 is 28.6 Å². The third-order valence-electron chi connectivity index (χ3n) is 3.41. The molecule has 0 saturated heterocycles. The minimum Gasteiger partial charge on any atom is -0.606 e. The van der Waals surface area contributed by atoms with Crippen LogP contribution in [0.1, 0.15) is 11.3 Å². The van der Waals surface area contributed by atoms with Crippen LogP contribution in [-0.4, -0.2) is 9.54 Å². The highest BCUT2D eigenvalue weighted by Crippen LogP contribution is 2.23. The van der Waals surface area contributed by atoms with Crippen LogP contribution in [0.3, 0.4) is 0 Å². The van der Waals surface area contributed by atoms with Crippen LogP contribution >= 0.6 is 0 Å². The number of hydrogen-bond acceptors (Lipinski definition) is 2. The molecule has 0 spiro atoms. The largest absolute Gasteiger partial charge is 0.606 e. The summed E-state index contributed by atoms with van der Waals surface area (Å²) in [5.41, 5.74) is 0.722. The lowest BCUT2D eigenvalue weighted by Gasteiger charge is -2.09. The van der Waals surface area contributed by atoms with Gasteiger partial charge in [-0.1, -0.05) is 12.1 Å². The van der Waals surface area contributed by atoms with E-state index in [4.69, 9.17) is 0 Å². The first-order valence-electron chi connectivity index (χ1n) is 7.30. The SMILES string of the molecule is [O-][S+](c1ccc(/C=C/c2ccc(F)cc2F)nc1)c1ccccc1F. The van der Waals surface area contributed by atoms with Crippen LogP contribution in [0.25, 0.3) is 12.2 Å². The lowest BCUT2D eigenvalue weighted by atomic mass is 10.2. The fourth-order valence-electron chi connectivity index (χ4n) is 2.13. The summed E-state index contributed by atoms with van der Waals surface area (Å²) in [5.74, 6) is -1.86. The number of pyridine rings is 1. The number of aromatic nitrogens is 1. The number of hydrogen-bond donors (Lipinski definition) is 0. The second kappa shape index (κ2) is 7.55. The van der Waals surface area contributed by atoms with Gasteiger partial charge in [0, 0.05) is 22.8 Å². The van der Waals surface area contributed by atoms with Crippen molar-refractivity contribution in [1.29, 1.82) is 0 Å². The molecule has 1 heterocycles. The second-order valence-electron chi connectivity index (χ2n) is 5.12. The van der Waals surface area contributed by atoms with Crippen molar-refractivity contribution < 1.29 is 17.7 Å². The zero-order valence-corrected chi connectivity index (χ0v) is 13.6. The zero-order chi connectivity index (χ0) is 17.8. The van der Waals surface area contributed by atoms with Gasteiger partial charge in [-0.05, 0) is 48.6 Å². The molecule has 1 aromatic heterocycles. The van der Waals surface area contributed by atoms with Crippen molar-refractivity contribution in [2.24, 2.45) is 0 Å². The molecule has 0 N–H and O–H groups in total. The predicted molar refractivity (Wildman–Crippen MR) is 90.6 cm³/mol. The summed E-state index contributed by atoms with van der Waals surface area (Å²) >= 11 is -1.68. The molecule has 25 heavy (non-hydrogen) atoms.